The molecule has 138 valence electrons. The van der Waals surface area contributed by atoms with E-state index in [4.69, 9.17) is 0 Å². The second-order valence-corrected chi connectivity index (χ2v) is 7.01. The second-order valence-electron chi connectivity index (χ2n) is 7.01. The van der Waals surface area contributed by atoms with Gasteiger partial charge in [-0.1, -0.05) is 0 Å². The average Bonchev–Trinajstić information content (AvgIpc) is 3.42. The van der Waals surface area contributed by atoms with Gasteiger partial charge in [0.05, 0.1) is 29.6 Å². The Balaban J connectivity index is 1.36. The highest BCUT2D eigenvalue weighted by Gasteiger charge is 2.30. The molecule has 2 aliphatic rings. The van der Waals surface area contributed by atoms with E-state index in [0.717, 1.165) is 48.5 Å². The minimum atomic E-state index is 0.0312. The van der Waals surface area contributed by atoms with Crippen LogP contribution in [-0.4, -0.2) is 68.9 Å². The van der Waals surface area contributed by atoms with E-state index in [2.05, 4.69) is 25.0 Å². The molecule has 0 aliphatic carbocycles. The van der Waals surface area contributed by atoms with Gasteiger partial charge in [-0.2, -0.15) is 5.10 Å². The van der Waals surface area contributed by atoms with Crippen LogP contribution in [0.25, 0.3) is 10.9 Å². The number of pyridine rings is 1. The lowest BCUT2D eigenvalue weighted by Gasteiger charge is -2.19. The molecule has 0 N–H and O–H groups in total. The number of amides is 2. The molecule has 0 radical (unpaired) electrons. The summed E-state index contributed by atoms with van der Waals surface area (Å²) >= 11 is 0. The fraction of sp³-hybridized carbons (Fsp3) is 0.389. The molecule has 5 heterocycles. The van der Waals surface area contributed by atoms with Crippen LogP contribution in [0.1, 0.15) is 12.5 Å². The molecule has 0 bridgehead atoms. The molecule has 0 aromatic carbocycles. The highest BCUT2D eigenvalue weighted by Crippen LogP contribution is 2.30. The van der Waals surface area contributed by atoms with E-state index < -0.39 is 0 Å². The molecular formula is C18H20N8O. The van der Waals surface area contributed by atoms with Gasteiger partial charge in [-0.3, -0.25) is 14.6 Å². The average molecular weight is 364 g/mol. The number of urea groups is 1. The lowest BCUT2D eigenvalue weighted by atomic mass is 10.2. The molecule has 0 saturated carbocycles. The number of carbonyl (C=O) groups excluding carboxylic acids is 1. The minimum Gasteiger partial charge on any atom is -0.354 e. The molecular weight excluding hydrogens is 344 g/mol. The number of anilines is 2. The Morgan fingerprint density at radius 2 is 2.07 bits per heavy atom. The molecule has 2 saturated heterocycles. The van der Waals surface area contributed by atoms with Crippen molar-refractivity contribution in [3.63, 3.8) is 0 Å². The van der Waals surface area contributed by atoms with Crippen molar-refractivity contribution < 1.29 is 4.79 Å². The van der Waals surface area contributed by atoms with Gasteiger partial charge in [0, 0.05) is 51.0 Å². The predicted octanol–water partition coefficient (Wildman–Crippen LogP) is 1.54. The third-order valence-corrected chi connectivity index (χ3v) is 5.37. The summed E-state index contributed by atoms with van der Waals surface area (Å²) in [7, 11) is 1.82. The van der Waals surface area contributed by atoms with Gasteiger partial charge in [-0.05, 0) is 12.5 Å². The van der Waals surface area contributed by atoms with E-state index >= 15 is 0 Å². The fourth-order valence-corrected chi connectivity index (χ4v) is 3.85. The van der Waals surface area contributed by atoms with Gasteiger partial charge in [-0.15, -0.1) is 0 Å². The van der Waals surface area contributed by atoms with E-state index in [0.29, 0.717) is 6.54 Å². The van der Waals surface area contributed by atoms with Crippen molar-refractivity contribution in [2.75, 3.05) is 43.0 Å². The van der Waals surface area contributed by atoms with Gasteiger partial charge in [0.25, 0.3) is 0 Å². The number of nitrogens with zero attached hydrogens (tertiary/aromatic N) is 8. The molecule has 1 atom stereocenters. The number of fused-ring (bicyclic) bond motifs is 1. The van der Waals surface area contributed by atoms with Crippen molar-refractivity contribution in [2.24, 2.45) is 0 Å². The first-order chi connectivity index (χ1) is 13.2. The van der Waals surface area contributed by atoms with E-state index in [1.54, 1.807) is 34.7 Å². The van der Waals surface area contributed by atoms with Crippen LogP contribution in [0, 0.1) is 0 Å². The smallest absolute Gasteiger partial charge is 0.324 e. The zero-order valence-electron chi connectivity index (χ0n) is 15.1. The van der Waals surface area contributed by atoms with Crippen molar-refractivity contribution in [3.8, 4) is 0 Å². The predicted molar refractivity (Wildman–Crippen MR) is 101 cm³/mol. The first-order valence-electron chi connectivity index (χ1n) is 9.07. The Labute approximate surface area is 156 Å². The second kappa shape index (κ2) is 6.19. The monoisotopic (exact) mass is 364 g/mol. The van der Waals surface area contributed by atoms with E-state index in [1.165, 1.54) is 0 Å². The van der Waals surface area contributed by atoms with Crippen LogP contribution in [0.3, 0.4) is 0 Å². The lowest BCUT2D eigenvalue weighted by molar-refractivity contribution is 0.229. The summed E-state index contributed by atoms with van der Waals surface area (Å²) in [6.45, 7) is 3.18. The van der Waals surface area contributed by atoms with Crippen molar-refractivity contribution in [2.45, 2.75) is 12.5 Å². The first kappa shape index (κ1) is 16.0. The van der Waals surface area contributed by atoms with E-state index in [9.17, 15) is 4.79 Å². The molecule has 2 fully saturated rings. The Bertz CT molecular complexity index is 996. The molecule has 1 unspecified atom stereocenters. The van der Waals surface area contributed by atoms with Gasteiger partial charge in [0.15, 0.2) is 0 Å². The third kappa shape index (κ3) is 2.66. The lowest BCUT2D eigenvalue weighted by Crippen LogP contribution is -2.28. The topological polar surface area (TPSA) is 83.3 Å². The molecule has 5 rings (SSSR count). The summed E-state index contributed by atoms with van der Waals surface area (Å²) in [5.41, 5.74) is 1.71. The van der Waals surface area contributed by atoms with Gasteiger partial charge in [0.2, 0.25) is 0 Å². The minimum absolute atomic E-state index is 0.0312. The van der Waals surface area contributed by atoms with Crippen molar-refractivity contribution in [3.05, 3.63) is 37.2 Å². The zero-order chi connectivity index (χ0) is 18.4. The summed E-state index contributed by atoms with van der Waals surface area (Å²) in [6.07, 6.45) is 9.86. The highest BCUT2D eigenvalue weighted by atomic mass is 16.2. The standard InChI is InChI=1S/C18H20N8O/c1-23-6-7-25(18(23)27)14-8-22-26(11-14)13-3-5-24(10-13)17-15-2-4-19-9-16(15)20-12-21-17/h2,4,8-9,11-13H,3,5-7,10H2,1H3. The molecule has 27 heavy (non-hydrogen) atoms. The molecule has 9 heteroatoms. The first-order valence-corrected chi connectivity index (χ1v) is 9.07. The molecule has 0 spiro atoms. The molecule has 3 aromatic heterocycles. The van der Waals surface area contributed by atoms with Crippen LogP contribution in [-0.2, 0) is 0 Å². The SMILES string of the molecule is CN1CCN(c2cnn(C3CCN(c4ncnc5cnccc45)C3)c2)C1=O. The fourth-order valence-electron chi connectivity index (χ4n) is 3.85. The van der Waals surface area contributed by atoms with Crippen LogP contribution in [0.4, 0.5) is 16.3 Å². The van der Waals surface area contributed by atoms with Gasteiger partial charge in [-0.25, -0.2) is 14.8 Å². The molecule has 3 aromatic rings. The number of likely N-dealkylation sites (N-methyl/N-ethyl adjacent to an activating group) is 1. The maximum Gasteiger partial charge on any atom is 0.324 e. The molecule has 2 amide bonds. The van der Waals surface area contributed by atoms with Gasteiger partial charge < -0.3 is 9.80 Å². The normalized spacial score (nSPS) is 20.3. The van der Waals surface area contributed by atoms with Crippen molar-refractivity contribution in [1.29, 1.82) is 0 Å². The summed E-state index contributed by atoms with van der Waals surface area (Å²) < 4.78 is 1.98. The summed E-state index contributed by atoms with van der Waals surface area (Å²) in [4.78, 5) is 30.9. The summed E-state index contributed by atoms with van der Waals surface area (Å²) in [5, 5.41) is 5.54. The van der Waals surface area contributed by atoms with E-state index in [1.807, 2.05) is 24.0 Å². The van der Waals surface area contributed by atoms with Crippen LogP contribution < -0.4 is 9.80 Å². The summed E-state index contributed by atoms with van der Waals surface area (Å²) in [6, 6.07) is 2.24. The van der Waals surface area contributed by atoms with Crippen LogP contribution in [0.15, 0.2) is 37.2 Å². The van der Waals surface area contributed by atoms with Crippen LogP contribution >= 0.6 is 0 Å². The Morgan fingerprint density at radius 1 is 1.15 bits per heavy atom. The Morgan fingerprint density at radius 3 is 2.93 bits per heavy atom. The number of rotatable bonds is 3. The van der Waals surface area contributed by atoms with Crippen molar-refractivity contribution in [1.82, 2.24) is 29.6 Å². The number of hydrogen-bond donors (Lipinski definition) is 0. The quantitative estimate of drug-likeness (QED) is 0.701. The zero-order valence-corrected chi connectivity index (χ0v) is 15.1. The van der Waals surface area contributed by atoms with Crippen LogP contribution in [0.5, 0.6) is 0 Å². The number of hydrogen-bond acceptors (Lipinski definition) is 6. The van der Waals surface area contributed by atoms with Gasteiger partial charge >= 0.3 is 6.03 Å². The maximum atomic E-state index is 12.2. The van der Waals surface area contributed by atoms with Gasteiger partial charge in [0.1, 0.15) is 12.1 Å². The maximum absolute atomic E-state index is 12.2. The van der Waals surface area contributed by atoms with Crippen molar-refractivity contribution >= 4 is 28.4 Å². The summed E-state index contributed by atoms with van der Waals surface area (Å²) in [5.74, 6) is 0.939. The largest absolute Gasteiger partial charge is 0.354 e. The number of carbonyl (C=O) groups is 1. The van der Waals surface area contributed by atoms with E-state index in [-0.39, 0.29) is 12.1 Å². The Kier molecular flexibility index (Phi) is 3.66. The van der Waals surface area contributed by atoms with Crippen LogP contribution in [0.2, 0.25) is 0 Å². The third-order valence-electron chi connectivity index (χ3n) is 5.37. The Hall–Kier alpha value is -3.23. The molecule has 2 aliphatic heterocycles. The molecule has 9 nitrogen and oxygen atoms in total. The number of aromatic nitrogens is 5. The highest BCUT2D eigenvalue weighted by molar-refractivity contribution is 5.93.